The molecular formula is C18H21F6N5. The molecule has 0 unspecified atom stereocenters. The molecule has 1 aromatic heterocycles. The van der Waals surface area contributed by atoms with Gasteiger partial charge in [0.2, 0.25) is 0 Å². The van der Waals surface area contributed by atoms with E-state index in [1.165, 1.54) is 23.9 Å². The predicted octanol–water partition coefficient (Wildman–Crippen LogP) is 4.13. The van der Waals surface area contributed by atoms with Crippen molar-refractivity contribution in [1.82, 2.24) is 20.4 Å². The summed E-state index contributed by atoms with van der Waals surface area (Å²) in [5.74, 6) is -0.0232. The highest BCUT2D eigenvalue weighted by molar-refractivity contribution is 5.79. The largest absolute Gasteiger partial charge is 0.416 e. The SMILES string of the molecule is CN=C(NCCC(F)(F)F)NCc1ccc(-n2nc(C)cc2C)cc1C(F)(F)F. The van der Waals surface area contributed by atoms with Crippen LogP contribution in [0.5, 0.6) is 0 Å². The van der Waals surface area contributed by atoms with Crippen LogP contribution in [0.1, 0.15) is 28.9 Å². The van der Waals surface area contributed by atoms with Crippen LogP contribution < -0.4 is 10.6 Å². The molecule has 0 aliphatic carbocycles. The molecule has 1 aromatic carbocycles. The van der Waals surface area contributed by atoms with Crippen LogP contribution in [0.3, 0.4) is 0 Å². The fraction of sp³-hybridized carbons (Fsp3) is 0.444. The molecule has 0 saturated heterocycles. The maximum absolute atomic E-state index is 13.6. The van der Waals surface area contributed by atoms with Crippen molar-refractivity contribution in [3.8, 4) is 5.69 Å². The average Bonchev–Trinajstić information content (AvgIpc) is 2.94. The summed E-state index contributed by atoms with van der Waals surface area (Å²) in [6.45, 7) is 2.77. The Balaban J connectivity index is 2.18. The Morgan fingerprint density at radius 3 is 2.28 bits per heavy atom. The molecule has 0 aliphatic rings. The van der Waals surface area contributed by atoms with Crippen LogP contribution in [0.4, 0.5) is 26.3 Å². The molecule has 0 saturated carbocycles. The summed E-state index contributed by atoms with van der Waals surface area (Å²) < 4.78 is 78.8. The third-order valence-corrected chi connectivity index (χ3v) is 4.02. The normalized spacial score (nSPS) is 12.9. The van der Waals surface area contributed by atoms with Gasteiger partial charge in [0.25, 0.3) is 0 Å². The Morgan fingerprint density at radius 1 is 1.07 bits per heavy atom. The van der Waals surface area contributed by atoms with E-state index in [2.05, 4.69) is 20.7 Å². The van der Waals surface area contributed by atoms with Crippen LogP contribution in [-0.4, -0.2) is 35.5 Å². The lowest BCUT2D eigenvalue weighted by atomic mass is 10.1. The quantitative estimate of drug-likeness (QED) is 0.434. The van der Waals surface area contributed by atoms with Crippen molar-refractivity contribution < 1.29 is 26.3 Å². The number of nitrogens with one attached hydrogen (secondary N) is 2. The molecule has 11 heteroatoms. The first-order valence-corrected chi connectivity index (χ1v) is 8.66. The molecule has 0 amide bonds. The van der Waals surface area contributed by atoms with Crippen LogP contribution in [0.25, 0.3) is 5.69 Å². The summed E-state index contributed by atoms with van der Waals surface area (Å²) in [5, 5.41) is 9.22. The standard InChI is InChI=1S/C18H21F6N5/c1-11-8-12(2)29(28-11)14-5-4-13(15(9-14)18(22,23)24)10-27-16(25-3)26-7-6-17(19,20)21/h4-5,8-9H,6-7,10H2,1-3H3,(H2,25,26,27). The molecule has 1 heterocycles. The van der Waals surface area contributed by atoms with Gasteiger partial charge in [0.05, 0.1) is 23.4 Å². The molecular weight excluding hydrogens is 400 g/mol. The number of alkyl halides is 6. The number of aryl methyl sites for hydroxylation is 2. The Morgan fingerprint density at radius 2 is 1.76 bits per heavy atom. The van der Waals surface area contributed by atoms with Crippen LogP contribution >= 0.6 is 0 Å². The van der Waals surface area contributed by atoms with Crippen molar-refractivity contribution in [2.45, 2.75) is 39.2 Å². The molecule has 5 nitrogen and oxygen atoms in total. The molecule has 0 radical (unpaired) electrons. The molecule has 0 bridgehead atoms. The molecule has 0 aliphatic heterocycles. The van der Waals surface area contributed by atoms with Gasteiger partial charge in [-0.2, -0.15) is 31.4 Å². The van der Waals surface area contributed by atoms with Crippen molar-refractivity contribution in [2.24, 2.45) is 4.99 Å². The molecule has 0 atom stereocenters. The lowest BCUT2D eigenvalue weighted by Gasteiger charge is -2.17. The number of rotatable bonds is 5. The van der Waals surface area contributed by atoms with Gasteiger partial charge in [-0.15, -0.1) is 0 Å². The molecule has 0 spiro atoms. The minimum atomic E-state index is -4.61. The van der Waals surface area contributed by atoms with Crippen molar-refractivity contribution in [3.63, 3.8) is 0 Å². The predicted molar refractivity (Wildman–Crippen MR) is 96.9 cm³/mol. The van der Waals surface area contributed by atoms with E-state index >= 15 is 0 Å². The molecule has 2 rings (SSSR count). The third kappa shape index (κ3) is 6.40. The van der Waals surface area contributed by atoms with Crippen molar-refractivity contribution in [3.05, 3.63) is 46.8 Å². The van der Waals surface area contributed by atoms with Gasteiger partial charge in [0.15, 0.2) is 5.96 Å². The highest BCUT2D eigenvalue weighted by Crippen LogP contribution is 2.33. The van der Waals surface area contributed by atoms with E-state index in [9.17, 15) is 26.3 Å². The van der Waals surface area contributed by atoms with Gasteiger partial charge in [0.1, 0.15) is 0 Å². The van der Waals surface area contributed by atoms with Crippen LogP contribution in [0.2, 0.25) is 0 Å². The highest BCUT2D eigenvalue weighted by Gasteiger charge is 2.34. The summed E-state index contributed by atoms with van der Waals surface area (Å²) in [7, 11) is 1.32. The molecule has 2 N–H and O–H groups in total. The Labute approximate surface area is 163 Å². The Bertz CT molecular complexity index is 867. The Hall–Kier alpha value is -2.72. The number of hydrogen-bond acceptors (Lipinski definition) is 2. The number of guanidine groups is 1. The van der Waals surface area contributed by atoms with E-state index in [1.807, 2.05) is 0 Å². The van der Waals surface area contributed by atoms with Crippen molar-refractivity contribution in [1.29, 1.82) is 0 Å². The zero-order valence-electron chi connectivity index (χ0n) is 16.0. The minimum Gasteiger partial charge on any atom is -0.356 e. The molecule has 29 heavy (non-hydrogen) atoms. The summed E-state index contributed by atoms with van der Waals surface area (Å²) in [6.07, 6.45) is -10.0. The lowest BCUT2D eigenvalue weighted by molar-refractivity contribution is -0.138. The maximum Gasteiger partial charge on any atom is 0.416 e. The van der Waals surface area contributed by atoms with Crippen LogP contribution in [-0.2, 0) is 12.7 Å². The third-order valence-electron chi connectivity index (χ3n) is 4.02. The zero-order valence-corrected chi connectivity index (χ0v) is 16.0. The highest BCUT2D eigenvalue weighted by atomic mass is 19.4. The molecule has 0 fully saturated rings. The van der Waals surface area contributed by atoms with Gasteiger partial charge < -0.3 is 10.6 Å². The molecule has 2 aromatic rings. The van der Waals surface area contributed by atoms with Gasteiger partial charge in [-0.3, -0.25) is 4.99 Å². The second-order valence-corrected chi connectivity index (χ2v) is 6.40. The smallest absolute Gasteiger partial charge is 0.356 e. The second-order valence-electron chi connectivity index (χ2n) is 6.40. The van der Waals surface area contributed by atoms with Gasteiger partial charge in [-0.1, -0.05) is 6.07 Å². The van der Waals surface area contributed by atoms with Crippen molar-refractivity contribution in [2.75, 3.05) is 13.6 Å². The summed E-state index contributed by atoms with van der Waals surface area (Å²) >= 11 is 0. The lowest BCUT2D eigenvalue weighted by Crippen LogP contribution is -2.38. The van der Waals surface area contributed by atoms with Gasteiger partial charge in [-0.25, -0.2) is 4.68 Å². The molecule has 160 valence electrons. The minimum absolute atomic E-state index is 0.0232. The van der Waals surface area contributed by atoms with Crippen LogP contribution in [0.15, 0.2) is 29.3 Å². The number of benzene rings is 1. The van der Waals surface area contributed by atoms with E-state index in [0.717, 1.165) is 6.07 Å². The van der Waals surface area contributed by atoms with E-state index in [1.54, 1.807) is 19.9 Å². The number of aromatic nitrogens is 2. The first-order chi connectivity index (χ1) is 13.4. The average molecular weight is 421 g/mol. The Kier molecular flexibility index (Phi) is 6.81. The van der Waals surface area contributed by atoms with Gasteiger partial charge in [0, 0.05) is 25.8 Å². The van der Waals surface area contributed by atoms with E-state index in [-0.39, 0.29) is 23.8 Å². The first-order valence-electron chi connectivity index (χ1n) is 8.66. The second kappa shape index (κ2) is 8.75. The zero-order chi connectivity index (χ0) is 21.8. The number of halogens is 6. The summed E-state index contributed by atoms with van der Waals surface area (Å²) in [6, 6.07) is 5.56. The van der Waals surface area contributed by atoms with Crippen molar-refractivity contribution >= 4 is 5.96 Å². The maximum atomic E-state index is 13.6. The van der Waals surface area contributed by atoms with Gasteiger partial charge >= 0.3 is 12.4 Å². The van der Waals surface area contributed by atoms with E-state index in [0.29, 0.717) is 11.4 Å². The van der Waals surface area contributed by atoms with Crippen LogP contribution in [0, 0.1) is 13.8 Å². The summed E-state index contributed by atoms with van der Waals surface area (Å²) in [4.78, 5) is 3.73. The van der Waals surface area contributed by atoms with E-state index in [4.69, 9.17) is 0 Å². The number of nitrogens with zero attached hydrogens (tertiary/aromatic N) is 3. The fourth-order valence-electron chi connectivity index (χ4n) is 2.73. The van der Waals surface area contributed by atoms with Gasteiger partial charge in [-0.05, 0) is 37.6 Å². The first kappa shape index (κ1) is 22.6. The fourth-order valence-corrected chi connectivity index (χ4v) is 2.73. The number of hydrogen-bond donors (Lipinski definition) is 2. The summed E-state index contributed by atoms with van der Waals surface area (Å²) in [5.41, 5.74) is 0.702. The number of aliphatic imine (C=N–C) groups is 1. The van der Waals surface area contributed by atoms with E-state index < -0.39 is 30.9 Å². The monoisotopic (exact) mass is 421 g/mol. The topological polar surface area (TPSA) is 54.2 Å².